The molecule has 0 aliphatic heterocycles. The molecular formula is C10H13N5O. The van der Waals surface area contributed by atoms with E-state index < -0.39 is 0 Å². The third-order valence-corrected chi connectivity index (χ3v) is 2.24. The molecule has 16 heavy (non-hydrogen) atoms. The van der Waals surface area contributed by atoms with Crippen LogP contribution in [0.5, 0.6) is 0 Å². The summed E-state index contributed by atoms with van der Waals surface area (Å²) in [4.78, 5) is 15.7. The van der Waals surface area contributed by atoms with Gasteiger partial charge in [-0.25, -0.2) is 4.79 Å². The van der Waals surface area contributed by atoms with Crippen molar-refractivity contribution in [1.29, 1.82) is 0 Å². The first kappa shape index (κ1) is 10.4. The van der Waals surface area contributed by atoms with Gasteiger partial charge in [0.2, 0.25) is 0 Å². The number of rotatable bonds is 2. The van der Waals surface area contributed by atoms with Crippen LogP contribution in [0.2, 0.25) is 0 Å². The van der Waals surface area contributed by atoms with Gasteiger partial charge >= 0.3 is 5.69 Å². The van der Waals surface area contributed by atoms with Crippen molar-refractivity contribution in [3.8, 4) is 5.69 Å². The molecule has 2 heterocycles. The van der Waals surface area contributed by atoms with Crippen molar-refractivity contribution < 1.29 is 0 Å². The maximum absolute atomic E-state index is 11.8. The van der Waals surface area contributed by atoms with Gasteiger partial charge in [-0.3, -0.25) is 4.98 Å². The fourth-order valence-corrected chi connectivity index (χ4v) is 1.43. The summed E-state index contributed by atoms with van der Waals surface area (Å²) >= 11 is 0. The minimum Gasteiger partial charge on any atom is -0.333 e. The number of hydrogen-bond donors (Lipinski definition) is 1. The van der Waals surface area contributed by atoms with E-state index in [2.05, 4.69) is 10.1 Å². The van der Waals surface area contributed by atoms with Gasteiger partial charge in [-0.05, 0) is 12.1 Å². The number of nitrogens with two attached hydrogens (primary N) is 1. The minimum absolute atomic E-state index is 0.0932. The number of hydrogen-bond acceptors (Lipinski definition) is 4. The Morgan fingerprint density at radius 1 is 1.44 bits per heavy atom. The first-order valence-corrected chi connectivity index (χ1v) is 4.98. The molecule has 6 heteroatoms. The fraction of sp³-hybridized carbons (Fsp3) is 0.300. The van der Waals surface area contributed by atoms with Crippen LogP contribution in [-0.2, 0) is 0 Å². The van der Waals surface area contributed by atoms with Gasteiger partial charge in [0.15, 0.2) is 5.82 Å². The van der Waals surface area contributed by atoms with Crippen molar-refractivity contribution in [2.24, 2.45) is 0 Å². The van der Waals surface area contributed by atoms with E-state index >= 15 is 0 Å². The highest BCUT2D eigenvalue weighted by atomic mass is 16.2. The minimum atomic E-state index is -0.364. The molecule has 0 aliphatic carbocycles. The number of nitrogen functional groups attached to an aromatic ring is 1. The van der Waals surface area contributed by atoms with E-state index in [0.717, 1.165) is 4.68 Å². The summed E-state index contributed by atoms with van der Waals surface area (Å²) in [5.74, 6) is 6.29. The third-order valence-electron chi connectivity index (χ3n) is 2.24. The van der Waals surface area contributed by atoms with Crippen LogP contribution in [-0.4, -0.2) is 19.4 Å². The van der Waals surface area contributed by atoms with Crippen LogP contribution in [0.4, 0.5) is 0 Å². The molecule has 6 nitrogen and oxygen atoms in total. The van der Waals surface area contributed by atoms with Gasteiger partial charge in [0.05, 0.1) is 11.9 Å². The molecule has 2 N–H and O–H groups in total. The van der Waals surface area contributed by atoms with Crippen molar-refractivity contribution >= 4 is 0 Å². The van der Waals surface area contributed by atoms with Crippen molar-refractivity contribution in [3.05, 3.63) is 40.8 Å². The van der Waals surface area contributed by atoms with Gasteiger partial charge in [0.25, 0.3) is 0 Å². The second kappa shape index (κ2) is 3.80. The number of aromatic nitrogens is 4. The van der Waals surface area contributed by atoms with E-state index in [0.29, 0.717) is 11.5 Å². The predicted molar refractivity (Wildman–Crippen MR) is 59.9 cm³/mol. The predicted octanol–water partition coefficient (Wildman–Crippen LogP) is 0.266. The standard InChI is InChI=1S/C10H13N5O/c1-7(2)9-13-15(10(16)14(9)11)8-4-3-5-12-6-8/h3-7H,11H2,1-2H3. The molecule has 0 aliphatic rings. The molecule has 0 spiro atoms. The lowest BCUT2D eigenvalue weighted by Crippen LogP contribution is -2.30. The molecule has 2 aromatic rings. The second-order valence-electron chi connectivity index (χ2n) is 3.79. The highest BCUT2D eigenvalue weighted by molar-refractivity contribution is 5.25. The molecule has 2 rings (SSSR count). The van der Waals surface area contributed by atoms with Gasteiger partial charge in [-0.1, -0.05) is 13.8 Å². The first-order chi connectivity index (χ1) is 7.61. The largest absolute Gasteiger partial charge is 0.369 e. The zero-order valence-corrected chi connectivity index (χ0v) is 9.16. The summed E-state index contributed by atoms with van der Waals surface area (Å²) in [5.41, 5.74) is 0.246. The van der Waals surface area contributed by atoms with E-state index in [1.807, 2.05) is 13.8 Å². The van der Waals surface area contributed by atoms with Gasteiger partial charge < -0.3 is 5.84 Å². The van der Waals surface area contributed by atoms with Crippen LogP contribution < -0.4 is 11.5 Å². The van der Waals surface area contributed by atoms with Crippen LogP contribution in [0.25, 0.3) is 5.69 Å². The monoisotopic (exact) mass is 219 g/mol. The topological polar surface area (TPSA) is 78.7 Å². The average molecular weight is 219 g/mol. The summed E-state index contributed by atoms with van der Waals surface area (Å²) in [7, 11) is 0. The molecule has 0 unspecified atom stereocenters. The Hall–Kier alpha value is -2.11. The Morgan fingerprint density at radius 3 is 2.69 bits per heavy atom. The highest BCUT2D eigenvalue weighted by Gasteiger charge is 2.14. The smallest absolute Gasteiger partial charge is 0.333 e. The normalized spacial score (nSPS) is 10.9. The lowest BCUT2D eigenvalue weighted by Gasteiger charge is -2.00. The molecule has 2 aromatic heterocycles. The first-order valence-electron chi connectivity index (χ1n) is 4.98. The maximum Gasteiger partial charge on any atom is 0.369 e. The lowest BCUT2D eigenvalue weighted by molar-refractivity contribution is 0.720. The second-order valence-corrected chi connectivity index (χ2v) is 3.79. The van der Waals surface area contributed by atoms with Gasteiger partial charge in [0, 0.05) is 12.1 Å². The van der Waals surface area contributed by atoms with E-state index in [4.69, 9.17) is 5.84 Å². The van der Waals surface area contributed by atoms with E-state index in [-0.39, 0.29) is 11.6 Å². The van der Waals surface area contributed by atoms with E-state index in [1.165, 1.54) is 4.68 Å². The molecular weight excluding hydrogens is 206 g/mol. The molecule has 84 valence electrons. The Balaban J connectivity index is 2.60. The van der Waals surface area contributed by atoms with E-state index in [9.17, 15) is 4.79 Å². The number of nitrogens with zero attached hydrogens (tertiary/aromatic N) is 4. The summed E-state index contributed by atoms with van der Waals surface area (Å²) < 4.78 is 2.32. The zero-order valence-electron chi connectivity index (χ0n) is 9.16. The van der Waals surface area contributed by atoms with Crippen LogP contribution >= 0.6 is 0 Å². The quantitative estimate of drug-likeness (QED) is 0.735. The third kappa shape index (κ3) is 1.58. The van der Waals surface area contributed by atoms with Gasteiger partial charge in [-0.2, -0.15) is 9.36 Å². The van der Waals surface area contributed by atoms with Gasteiger partial charge in [0.1, 0.15) is 0 Å². The molecule has 0 atom stereocenters. The summed E-state index contributed by atoms with van der Waals surface area (Å²) in [6.45, 7) is 3.86. The van der Waals surface area contributed by atoms with Crippen molar-refractivity contribution in [3.63, 3.8) is 0 Å². The number of pyridine rings is 1. The Kier molecular flexibility index (Phi) is 2.47. The Bertz CT molecular complexity index is 540. The maximum atomic E-state index is 11.8. The van der Waals surface area contributed by atoms with Crippen LogP contribution in [0.15, 0.2) is 29.3 Å². The van der Waals surface area contributed by atoms with Crippen molar-refractivity contribution in [1.82, 2.24) is 19.4 Å². The van der Waals surface area contributed by atoms with Crippen molar-refractivity contribution in [2.45, 2.75) is 19.8 Å². The SMILES string of the molecule is CC(C)c1nn(-c2cccnc2)c(=O)n1N. The molecule has 0 radical (unpaired) electrons. The lowest BCUT2D eigenvalue weighted by atomic mass is 10.2. The van der Waals surface area contributed by atoms with Crippen LogP contribution in [0, 0.1) is 0 Å². The Labute approximate surface area is 92.3 Å². The summed E-state index contributed by atoms with van der Waals surface area (Å²) in [5, 5.41) is 4.18. The summed E-state index contributed by atoms with van der Waals surface area (Å²) in [6, 6.07) is 3.50. The molecule has 0 fully saturated rings. The molecule has 0 saturated carbocycles. The van der Waals surface area contributed by atoms with Crippen LogP contribution in [0.3, 0.4) is 0 Å². The molecule has 0 amide bonds. The zero-order chi connectivity index (χ0) is 11.7. The molecule has 0 aromatic carbocycles. The summed E-state index contributed by atoms with van der Waals surface area (Å²) in [6.07, 6.45) is 3.20. The average Bonchev–Trinajstić information content (AvgIpc) is 2.58. The molecule has 0 bridgehead atoms. The Morgan fingerprint density at radius 2 is 2.19 bits per heavy atom. The van der Waals surface area contributed by atoms with E-state index in [1.54, 1.807) is 24.5 Å². The molecule has 0 saturated heterocycles. The van der Waals surface area contributed by atoms with Gasteiger partial charge in [-0.15, -0.1) is 5.10 Å². The highest BCUT2D eigenvalue weighted by Crippen LogP contribution is 2.09. The van der Waals surface area contributed by atoms with Crippen molar-refractivity contribution in [2.75, 3.05) is 5.84 Å². The van der Waals surface area contributed by atoms with Crippen LogP contribution in [0.1, 0.15) is 25.6 Å². The fourth-order valence-electron chi connectivity index (χ4n) is 1.43.